The molecule has 0 spiro atoms. The second-order valence-corrected chi connectivity index (χ2v) is 6.85. The third kappa shape index (κ3) is 3.17. The lowest BCUT2D eigenvalue weighted by Gasteiger charge is -2.31. The zero-order valence-electron chi connectivity index (χ0n) is 15.2. The first-order valence-electron chi connectivity index (χ1n) is 9.08. The van der Waals surface area contributed by atoms with Gasteiger partial charge in [-0.2, -0.15) is 5.10 Å². The predicted molar refractivity (Wildman–Crippen MR) is 101 cm³/mol. The van der Waals surface area contributed by atoms with Gasteiger partial charge >= 0.3 is 0 Å². The van der Waals surface area contributed by atoms with Gasteiger partial charge in [0, 0.05) is 50.3 Å². The molecule has 1 aliphatic heterocycles. The van der Waals surface area contributed by atoms with Crippen molar-refractivity contribution in [3.63, 3.8) is 0 Å². The lowest BCUT2D eigenvalue weighted by atomic mass is 10.0. The minimum atomic E-state index is 0.150. The average molecular weight is 349 g/mol. The summed E-state index contributed by atoms with van der Waals surface area (Å²) in [4.78, 5) is 13.3. The highest BCUT2D eigenvalue weighted by molar-refractivity contribution is 5.73. The minimum Gasteiger partial charge on any atom is -0.490 e. The van der Waals surface area contributed by atoms with Crippen LogP contribution in [0.25, 0.3) is 16.6 Å². The van der Waals surface area contributed by atoms with E-state index in [1.807, 2.05) is 33.8 Å². The van der Waals surface area contributed by atoms with E-state index in [4.69, 9.17) is 4.74 Å². The molecule has 1 aromatic carbocycles. The Kier molecular flexibility index (Phi) is 4.37. The predicted octanol–water partition coefficient (Wildman–Crippen LogP) is 3.70. The zero-order chi connectivity index (χ0) is 18.1. The smallest absolute Gasteiger partial charge is 0.219 e. The van der Waals surface area contributed by atoms with Gasteiger partial charge in [-0.25, -0.2) is 4.52 Å². The monoisotopic (exact) mass is 349 g/mol. The summed E-state index contributed by atoms with van der Waals surface area (Å²) >= 11 is 0. The van der Waals surface area contributed by atoms with Crippen molar-refractivity contribution < 1.29 is 9.53 Å². The van der Waals surface area contributed by atoms with Crippen LogP contribution in [0.5, 0.6) is 5.75 Å². The SMILES string of the molecule is CC(=O)N1CCC(Oc2ccc(-c3ccc4ccnn4c3C)cc2)CC1. The molecule has 26 heavy (non-hydrogen) atoms. The van der Waals surface area contributed by atoms with Crippen molar-refractivity contribution in [2.24, 2.45) is 0 Å². The number of rotatable bonds is 3. The first-order valence-corrected chi connectivity index (χ1v) is 9.08. The number of aromatic nitrogens is 2. The molecule has 5 nitrogen and oxygen atoms in total. The molecule has 0 saturated carbocycles. The maximum Gasteiger partial charge on any atom is 0.219 e. The van der Waals surface area contributed by atoms with Gasteiger partial charge < -0.3 is 9.64 Å². The maximum atomic E-state index is 11.4. The lowest BCUT2D eigenvalue weighted by molar-refractivity contribution is -0.130. The Morgan fingerprint density at radius 2 is 1.81 bits per heavy atom. The van der Waals surface area contributed by atoms with Crippen molar-refractivity contribution in [1.29, 1.82) is 0 Å². The van der Waals surface area contributed by atoms with Gasteiger partial charge in [-0.05, 0) is 36.8 Å². The second-order valence-electron chi connectivity index (χ2n) is 6.85. The first-order chi connectivity index (χ1) is 12.6. The molecular formula is C21H23N3O2. The van der Waals surface area contributed by atoms with Crippen LogP contribution in [-0.2, 0) is 4.79 Å². The Hall–Kier alpha value is -2.82. The number of amides is 1. The number of pyridine rings is 1. The number of piperidine rings is 1. The fourth-order valence-electron chi connectivity index (χ4n) is 3.62. The summed E-state index contributed by atoms with van der Waals surface area (Å²) in [5, 5.41) is 4.38. The van der Waals surface area contributed by atoms with Gasteiger partial charge in [0.2, 0.25) is 5.91 Å². The Balaban J connectivity index is 1.47. The van der Waals surface area contributed by atoms with Crippen LogP contribution in [0.1, 0.15) is 25.5 Å². The lowest BCUT2D eigenvalue weighted by Crippen LogP contribution is -2.40. The van der Waals surface area contributed by atoms with Crippen LogP contribution in [0.15, 0.2) is 48.7 Å². The average Bonchev–Trinajstić information content (AvgIpc) is 3.13. The number of likely N-dealkylation sites (tertiary alicyclic amines) is 1. The molecule has 0 bridgehead atoms. The molecule has 134 valence electrons. The third-order valence-electron chi connectivity index (χ3n) is 5.16. The number of benzene rings is 1. The Bertz CT molecular complexity index is 922. The zero-order valence-corrected chi connectivity index (χ0v) is 15.2. The number of aryl methyl sites for hydroxylation is 1. The van der Waals surface area contributed by atoms with E-state index in [1.165, 1.54) is 5.56 Å². The molecule has 0 radical (unpaired) electrons. The summed E-state index contributed by atoms with van der Waals surface area (Å²) in [6, 6.07) is 14.5. The van der Waals surface area contributed by atoms with Crippen LogP contribution in [0.3, 0.4) is 0 Å². The van der Waals surface area contributed by atoms with Crippen LogP contribution in [0.4, 0.5) is 0 Å². The van der Waals surface area contributed by atoms with E-state index in [-0.39, 0.29) is 12.0 Å². The maximum absolute atomic E-state index is 11.4. The third-order valence-corrected chi connectivity index (χ3v) is 5.16. The van der Waals surface area contributed by atoms with Crippen molar-refractivity contribution >= 4 is 11.4 Å². The highest BCUT2D eigenvalue weighted by Gasteiger charge is 2.21. The highest BCUT2D eigenvalue weighted by atomic mass is 16.5. The van der Waals surface area contributed by atoms with Crippen molar-refractivity contribution in [1.82, 2.24) is 14.5 Å². The first kappa shape index (κ1) is 16.6. The Morgan fingerprint density at radius 3 is 2.50 bits per heavy atom. The molecular weight excluding hydrogens is 326 g/mol. The molecule has 0 atom stereocenters. The standard InChI is InChI=1S/C21H23N3O2/c1-15-21(8-5-18-9-12-22-24(15)18)17-3-6-19(7-4-17)26-20-10-13-23(14-11-20)16(2)25/h3-9,12,20H,10-11,13-14H2,1-2H3. The van der Waals surface area contributed by atoms with Gasteiger partial charge in [0.05, 0.1) is 5.52 Å². The van der Waals surface area contributed by atoms with Gasteiger partial charge in [0.25, 0.3) is 0 Å². The second kappa shape index (κ2) is 6.83. The molecule has 3 aromatic rings. The molecule has 0 N–H and O–H groups in total. The number of hydrogen-bond acceptors (Lipinski definition) is 3. The largest absolute Gasteiger partial charge is 0.490 e. The molecule has 2 aromatic heterocycles. The molecule has 1 aliphatic rings. The molecule has 0 aliphatic carbocycles. The number of carbonyl (C=O) groups is 1. The van der Waals surface area contributed by atoms with E-state index in [0.29, 0.717) is 0 Å². The summed E-state index contributed by atoms with van der Waals surface area (Å²) in [5.41, 5.74) is 4.54. The summed E-state index contributed by atoms with van der Waals surface area (Å²) in [7, 11) is 0. The molecule has 1 amide bonds. The Labute approximate surface area is 153 Å². The van der Waals surface area contributed by atoms with E-state index in [2.05, 4.69) is 36.3 Å². The van der Waals surface area contributed by atoms with Crippen LogP contribution < -0.4 is 4.74 Å². The van der Waals surface area contributed by atoms with E-state index >= 15 is 0 Å². The summed E-state index contributed by atoms with van der Waals surface area (Å²) < 4.78 is 8.07. The van der Waals surface area contributed by atoms with Gasteiger partial charge in [-0.1, -0.05) is 18.2 Å². The van der Waals surface area contributed by atoms with Crippen molar-refractivity contribution in [3.05, 3.63) is 54.4 Å². The van der Waals surface area contributed by atoms with Crippen molar-refractivity contribution in [2.45, 2.75) is 32.8 Å². The molecule has 5 heteroatoms. The number of fused-ring (bicyclic) bond motifs is 1. The summed E-state index contributed by atoms with van der Waals surface area (Å²) in [5.74, 6) is 1.03. The Morgan fingerprint density at radius 1 is 1.08 bits per heavy atom. The summed E-state index contributed by atoms with van der Waals surface area (Å²) in [6.07, 6.45) is 3.77. The van der Waals surface area contributed by atoms with Gasteiger partial charge in [-0.3, -0.25) is 4.79 Å². The molecule has 1 fully saturated rings. The quantitative estimate of drug-likeness (QED) is 0.724. The molecule has 0 unspecified atom stereocenters. The molecule has 1 saturated heterocycles. The minimum absolute atomic E-state index is 0.150. The van der Waals surface area contributed by atoms with Crippen LogP contribution in [0.2, 0.25) is 0 Å². The van der Waals surface area contributed by atoms with Crippen molar-refractivity contribution in [2.75, 3.05) is 13.1 Å². The summed E-state index contributed by atoms with van der Waals surface area (Å²) in [6.45, 7) is 5.27. The van der Waals surface area contributed by atoms with Crippen molar-refractivity contribution in [3.8, 4) is 16.9 Å². The number of carbonyl (C=O) groups excluding carboxylic acids is 1. The fourth-order valence-corrected chi connectivity index (χ4v) is 3.62. The van der Waals surface area contributed by atoms with E-state index in [1.54, 1.807) is 6.92 Å². The van der Waals surface area contributed by atoms with Crippen LogP contribution in [0, 0.1) is 6.92 Å². The van der Waals surface area contributed by atoms with Crippen LogP contribution >= 0.6 is 0 Å². The van der Waals surface area contributed by atoms with E-state index in [9.17, 15) is 4.79 Å². The van der Waals surface area contributed by atoms with E-state index < -0.39 is 0 Å². The fraction of sp³-hybridized carbons (Fsp3) is 0.333. The number of ether oxygens (including phenoxy) is 1. The topological polar surface area (TPSA) is 46.8 Å². The van der Waals surface area contributed by atoms with Gasteiger partial charge in [-0.15, -0.1) is 0 Å². The van der Waals surface area contributed by atoms with Gasteiger partial charge in [0.1, 0.15) is 11.9 Å². The molecule has 4 rings (SSSR count). The van der Waals surface area contributed by atoms with Gasteiger partial charge in [0.15, 0.2) is 0 Å². The van der Waals surface area contributed by atoms with E-state index in [0.717, 1.165) is 48.5 Å². The highest BCUT2D eigenvalue weighted by Crippen LogP contribution is 2.27. The van der Waals surface area contributed by atoms with Crippen LogP contribution in [-0.4, -0.2) is 39.6 Å². The molecule has 3 heterocycles. The number of nitrogens with zero attached hydrogens (tertiary/aromatic N) is 3. The number of hydrogen-bond donors (Lipinski definition) is 0. The normalized spacial score (nSPS) is 15.4.